The molecule has 0 bridgehead atoms. The van der Waals surface area contributed by atoms with Crippen LogP contribution in [0.4, 0.5) is 0 Å². The van der Waals surface area contributed by atoms with Crippen LogP contribution in [0.3, 0.4) is 0 Å². The van der Waals surface area contributed by atoms with Crippen LogP contribution in [0.5, 0.6) is 0 Å². The molecule has 6 aliphatic rings. The van der Waals surface area contributed by atoms with Crippen LogP contribution >= 0.6 is 0 Å². The second-order valence-electron chi connectivity index (χ2n) is 35.6. The third-order valence-corrected chi connectivity index (χ3v) is 29.6. The Hall–Kier alpha value is -17.4. The number of benzene rings is 21. The van der Waals surface area contributed by atoms with Gasteiger partial charge in [-0.3, -0.25) is 0 Å². The Morgan fingerprint density at radius 1 is 0.163 bits per heavy atom. The number of nitrogens with zero attached hydrogens (tertiary/aromatic N) is 3. The van der Waals surface area contributed by atoms with Crippen LogP contribution in [0.2, 0.25) is 0 Å². The second kappa shape index (κ2) is 24.2. The van der Waals surface area contributed by atoms with Crippen LogP contribution in [0.1, 0.15) is 16.7 Å². The van der Waals surface area contributed by atoms with Crippen LogP contribution in [0.15, 0.2) is 354 Å². The number of hydrogen-bond acceptors (Lipinski definition) is 9. The van der Waals surface area contributed by atoms with Crippen molar-refractivity contribution in [3.05, 3.63) is 344 Å². The lowest BCUT2D eigenvalue weighted by Gasteiger charge is -2.34. The first-order chi connectivity index (χ1) is 63.8. The van der Waals surface area contributed by atoms with Gasteiger partial charge in [-0.05, 0) is 207 Å². The standard InChI is InChI=1S/3C39H18BNO2/c41-19-20-15-27-25-17-29-21-7-1-3-13-33(21)42-38(29)23-9-5-11-31(35(23)25)40-32-12-6-10-24-36(32)26(28(16-20)37(27)40)18-30-22-8-2-4-14-34(22)43-39(24)30;41-19-20-15-27-25-17-33-37(21-7-1-3-13-31(21)42-33)23-9-5-11-29(35(23)25)40-30-12-6-10-24-36(30)26(28(16-20)39(27)40)18-34-38(24)22-8-2-4-14-32(22)43-34;41-19-20-15-27-23-9-5-11-25-35(23)31(17-29-21-7-1-3-13-33(21)42-38(25)29)40-32-18-30-22-8-2-4-14-34(22)43-39(30)26-12-6-10-24(36(26)32)28(16-20)37(27)40/h3*1-18H. The van der Waals surface area contributed by atoms with E-state index in [1.54, 1.807) is 0 Å². The fraction of sp³-hybridized carbons (Fsp3) is 0. The van der Waals surface area contributed by atoms with Crippen molar-refractivity contribution in [2.45, 2.75) is 0 Å². The third-order valence-electron chi connectivity index (χ3n) is 29.6. The summed E-state index contributed by atoms with van der Waals surface area (Å²) in [7, 11) is 0. The summed E-state index contributed by atoms with van der Waals surface area (Å²) in [6.07, 6.45) is 0. The molecule has 6 aromatic heterocycles. The Morgan fingerprint density at radius 3 is 0.729 bits per heavy atom. The van der Waals surface area contributed by atoms with E-state index in [4.69, 9.17) is 26.5 Å². The number of fused-ring (bicyclic) bond motifs is 36. The number of nitriles is 3. The minimum absolute atomic E-state index is 0.0105. The number of para-hydroxylation sites is 6. The van der Waals surface area contributed by atoms with Crippen molar-refractivity contribution in [3.63, 3.8) is 0 Å². The van der Waals surface area contributed by atoms with Gasteiger partial charge in [0, 0.05) is 86.2 Å². The smallest absolute Gasteiger partial charge is 0.244 e. The number of hydrogen-bond donors (Lipinski definition) is 0. The van der Waals surface area contributed by atoms with E-state index in [-0.39, 0.29) is 20.1 Å². The predicted octanol–water partition coefficient (Wildman–Crippen LogP) is 24.4. The molecule has 0 unspecified atom stereocenters. The van der Waals surface area contributed by atoms with Crippen molar-refractivity contribution < 1.29 is 26.5 Å². The van der Waals surface area contributed by atoms with E-state index < -0.39 is 0 Å². The monoisotopic (exact) mass is 1630 g/mol. The van der Waals surface area contributed by atoms with E-state index in [0.717, 1.165) is 209 Å². The predicted molar refractivity (Wildman–Crippen MR) is 529 cm³/mol. The summed E-state index contributed by atoms with van der Waals surface area (Å²) in [5.74, 6) is 0. The molecule has 0 atom stereocenters. The second-order valence-corrected chi connectivity index (χ2v) is 35.6. The highest BCUT2D eigenvalue weighted by Crippen LogP contribution is 2.52. The molecule has 27 aromatic rings. The maximum atomic E-state index is 10.3. The Kier molecular flexibility index (Phi) is 12.8. The molecule has 129 heavy (non-hydrogen) atoms. The van der Waals surface area contributed by atoms with Gasteiger partial charge in [0.2, 0.25) is 20.1 Å². The highest BCUT2D eigenvalue weighted by Gasteiger charge is 2.45. The maximum Gasteiger partial charge on any atom is 0.244 e. The third kappa shape index (κ3) is 8.56. The summed E-state index contributed by atoms with van der Waals surface area (Å²) in [4.78, 5) is 0. The summed E-state index contributed by atoms with van der Waals surface area (Å²) >= 11 is 0. The molecule has 0 spiro atoms. The molecule has 0 saturated carbocycles. The summed E-state index contributed by atoms with van der Waals surface area (Å²) in [6, 6.07) is 123. The maximum absolute atomic E-state index is 10.3. The quantitative estimate of drug-likeness (QED) is 0.135. The van der Waals surface area contributed by atoms with Crippen molar-refractivity contribution in [2.75, 3.05) is 0 Å². The molecular formula is C117H54B3N3O6. The summed E-state index contributed by atoms with van der Waals surface area (Å²) < 4.78 is 39.0. The molecular weight excluding hydrogens is 1580 g/mol. The van der Waals surface area contributed by atoms with Crippen LogP contribution in [0, 0.1) is 34.0 Å². The van der Waals surface area contributed by atoms with Crippen molar-refractivity contribution in [3.8, 4) is 85.0 Å². The molecule has 0 radical (unpaired) electrons. The Balaban J connectivity index is 0.0000000919. The van der Waals surface area contributed by atoms with Crippen LogP contribution < -0.4 is 49.2 Å². The minimum atomic E-state index is -0.0105. The van der Waals surface area contributed by atoms with Gasteiger partial charge >= 0.3 is 0 Å². The number of rotatable bonds is 0. The zero-order valence-corrected chi connectivity index (χ0v) is 68.2. The fourth-order valence-electron chi connectivity index (χ4n) is 24.8. The van der Waals surface area contributed by atoms with Gasteiger partial charge in [0.1, 0.15) is 67.0 Å². The average Bonchev–Trinajstić information content (AvgIpc) is 1.68. The minimum Gasteiger partial charge on any atom is -0.456 e. The molecule has 9 nitrogen and oxygen atoms in total. The van der Waals surface area contributed by atoms with Gasteiger partial charge in [0.25, 0.3) is 0 Å². The van der Waals surface area contributed by atoms with Crippen molar-refractivity contribution >= 4 is 266 Å². The average molecular weight is 1630 g/mol. The molecule has 6 aliphatic heterocycles. The van der Waals surface area contributed by atoms with E-state index in [1.165, 1.54) is 103 Å². The molecule has 0 amide bonds. The first-order valence-electron chi connectivity index (χ1n) is 43.8. The highest BCUT2D eigenvalue weighted by atomic mass is 16.3. The lowest BCUT2D eigenvalue weighted by atomic mass is 9.31. The zero-order chi connectivity index (χ0) is 83.9. The van der Waals surface area contributed by atoms with Gasteiger partial charge < -0.3 is 26.5 Å². The van der Waals surface area contributed by atoms with E-state index in [0.29, 0.717) is 16.7 Å². The largest absolute Gasteiger partial charge is 0.456 e. The molecule has 12 heteroatoms. The van der Waals surface area contributed by atoms with Crippen molar-refractivity contribution in [2.24, 2.45) is 0 Å². The van der Waals surface area contributed by atoms with E-state index >= 15 is 0 Å². The molecule has 0 aliphatic carbocycles. The van der Waals surface area contributed by atoms with Gasteiger partial charge in [0.05, 0.1) is 34.9 Å². The first kappa shape index (κ1) is 68.1. The molecule has 33 rings (SSSR count). The highest BCUT2D eigenvalue weighted by molar-refractivity contribution is 7.03. The Labute approximate surface area is 732 Å². The van der Waals surface area contributed by atoms with Crippen LogP contribution in [-0.2, 0) is 0 Å². The van der Waals surface area contributed by atoms with Gasteiger partial charge in [-0.25, -0.2) is 0 Å². The zero-order valence-electron chi connectivity index (χ0n) is 68.2. The van der Waals surface area contributed by atoms with Gasteiger partial charge in [-0.2, -0.15) is 15.8 Å². The van der Waals surface area contributed by atoms with Gasteiger partial charge in [0.15, 0.2) is 0 Å². The topological polar surface area (TPSA) is 150 Å². The van der Waals surface area contributed by atoms with Crippen molar-refractivity contribution in [1.82, 2.24) is 0 Å². The molecule has 582 valence electrons. The van der Waals surface area contributed by atoms with Gasteiger partial charge in [-0.1, -0.05) is 280 Å². The summed E-state index contributed by atoms with van der Waals surface area (Å²) in [5.41, 5.74) is 37.9. The molecule has 0 saturated heterocycles. The van der Waals surface area contributed by atoms with Gasteiger partial charge in [-0.15, -0.1) is 0 Å². The first-order valence-corrected chi connectivity index (χ1v) is 43.8. The number of furan rings is 6. The molecule has 0 N–H and O–H groups in total. The van der Waals surface area contributed by atoms with Crippen molar-refractivity contribution in [1.29, 1.82) is 15.8 Å². The van der Waals surface area contributed by atoms with E-state index in [9.17, 15) is 15.8 Å². The molecule has 0 fully saturated rings. The lowest BCUT2D eigenvalue weighted by Crippen LogP contribution is -2.57. The van der Waals surface area contributed by atoms with Crippen LogP contribution in [0.25, 0.3) is 263 Å². The normalized spacial score (nSPS) is 13.0. The lowest BCUT2D eigenvalue weighted by molar-refractivity contribution is 0.669. The fourth-order valence-corrected chi connectivity index (χ4v) is 24.8. The SMILES string of the molecule is N#Cc1cc2c3c(c1)-c1cc4c5ccccc5oc4c4cccc(c14)B3c1cccc3c1c-2cc1c2ccccc2oc31.N#Cc1cc2c3c(c1)-c1cc4oc5ccccc5c4c4cccc(c14)B3c1cccc3c1c-2cc1oc2ccccc2c13.N#Cc1cc2c3c(c1)-c1cccc4c1c(cc1c5ccccc5oc41)B3c1cc3c4ccccc4oc3c3cccc-2c13. The molecule has 21 aromatic carbocycles. The summed E-state index contributed by atoms with van der Waals surface area (Å²) in [5, 5.41) is 58.4. The summed E-state index contributed by atoms with van der Waals surface area (Å²) in [6.45, 7) is 0.0499. The molecule has 12 heterocycles. The Morgan fingerprint density at radius 2 is 0.403 bits per heavy atom. The Bertz CT molecular complexity index is 9720. The van der Waals surface area contributed by atoms with E-state index in [1.807, 2.05) is 60.7 Å². The van der Waals surface area contributed by atoms with E-state index in [2.05, 4.69) is 285 Å². The van der Waals surface area contributed by atoms with Crippen LogP contribution in [-0.4, -0.2) is 20.1 Å².